The fourth-order valence-corrected chi connectivity index (χ4v) is 3.53. The summed E-state index contributed by atoms with van der Waals surface area (Å²) in [6.45, 7) is 4.14. The van der Waals surface area contributed by atoms with E-state index >= 15 is 0 Å². The second kappa shape index (κ2) is 8.64. The number of amides is 2. The van der Waals surface area contributed by atoms with Crippen LogP contribution >= 0.6 is 11.8 Å². The highest BCUT2D eigenvalue weighted by atomic mass is 32.2. The Morgan fingerprint density at radius 3 is 2.83 bits per heavy atom. The predicted octanol–water partition coefficient (Wildman–Crippen LogP) is 2.12. The van der Waals surface area contributed by atoms with Gasteiger partial charge in [-0.1, -0.05) is 20.3 Å². The second-order valence-corrected chi connectivity index (χ2v) is 6.42. The highest BCUT2D eigenvalue weighted by molar-refractivity contribution is 7.99. The molecule has 5 heteroatoms. The van der Waals surface area contributed by atoms with Gasteiger partial charge >= 0.3 is 6.03 Å². The van der Waals surface area contributed by atoms with Crippen molar-refractivity contribution in [1.82, 2.24) is 10.6 Å². The van der Waals surface area contributed by atoms with Crippen LogP contribution in [0.25, 0.3) is 0 Å². The highest BCUT2D eigenvalue weighted by Crippen LogP contribution is 2.28. The van der Waals surface area contributed by atoms with E-state index in [1.165, 1.54) is 12.8 Å². The van der Waals surface area contributed by atoms with E-state index in [9.17, 15) is 4.79 Å². The standard InChI is InChI=1S/C13H26N2O2S/c1-3-10(9-16)14-13(17)15-11-6-5-7-12(8-11)18-4-2/h10-12,16H,3-9H2,1-2H3,(H2,14,15,17)/t10-,11+,12-/m0/s1. The van der Waals surface area contributed by atoms with Gasteiger partial charge in [-0.25, -0.2) is 4.79 Å². The van der Waals surface area contributed by atoms with Gasteiger partial charge in [-0.2, -0.15) is 11.8 Å². The molecule has 2 amide bonds. The van der Waals surface area contributed by atoms with Crippen molar-refractivity contribution in [1.29, 1.82) is 0 Å². The van der Waals surface area contributed by atoms with E-state index in [-0.39, 0.29) is 18.7 Å². The van der Waals surface area contributed by atoms with Crippen molar-refractivity contribution < 1.29 is 9.90 Å². The third kappa shape index (κ3) is 5.48. The number of nitrogens with one attached hydrogen (secondary N) is 2. The van der Waals surface area contributed by atoms with Crippen LogP contribution in [0, 0.1) is 0 Å². The normalized spacial score (nSPS) is 25.5. The first-order valence-electron chi connectivity index (χ1n) is 6.99. The summed E-state index contributed by atoms with van der Waals surface area (Å²) in [5, 5.41) is 15.6. The van der Waals surface area contributed by atoms with E-state index in [0.29, 0.717) is 11.3 Å². The Kier molecular flexibility index (Phi) is 7.51. The lowest BCUT2D eigenvalue weighted by molar-refractivity contribution is 0.209. The topological polar surface area (TPSA) is 61.4 Å². The maximum Gasteiger partial charge on any atom is 0.315 e. The second-order valence-electron chi connectivity index (χ2n) is 4.85. The summed E-state index contributed by atoms with van der Waals surface area (Å²) in [5.74, 6) is 1.14. The van der Waals surface area contributed by atoms with Crippen LogP contribution < -0.4 is 10.6 Å². The molecule has 3 N–H and O–H groups in total. The van der Waals surface area contributed by atoms with Gasteiger partial charge < -0.3 is 15.7 Å². The molecule has 0 aliphatic heterocycles. The number of carbonyl (C=O) groups is 1. The van der Waals surface area contributed by atoms with Crippen molar-refractivity contribution in [3.8, 4) is 0 Å². The van der Waals surface area contributed by atoms with E-state index < -0.39 is 0 Å². The third-order valence-electron chi connectivity index (χ3n) is 3.41. The molecular weight excluding hydrogens is 248 g/mol. The van der Waals surface area contributed by atoms with Gasteiger partial charge in [0, 0.05) is 11.3 Å². The smallest absolute Gasteiger partial charge is 0.315 e. The predicted molar refractivity (Wildman–Crippen MR) is 77.0 cm³/mol. The minimum Gasteiger partial charge on any atom is -0.394 e. The Morgan fingerprint density at radius 2 is 2.22 bits per heavy atom. The van der Waals surface area contributed by atoms with Crippen LogP contribution in [0.1, 0.15) is 46.0 Å². The molecule has 3 atom stereocenters. The van der Waals surface area contributed by atoms with Gasteiger partial charge in [-0.3, -0.25) is 0 Å². The molecule has 0 aromatic rings. The molecule has 0 unspecified atom stereocenters. The lowest BCUT2D eigenvalue weighted by atomic mass is 9.95. The minimum atomic E-state index is -0.136. The van der Waals surface area contributed by atoms with Gasteiger partial charge in [0.1, 0.15) is 0 Å². The van der Waals surface area contributed by atoms with Crippen molar-refractivity contribution in [2.45, 2.75) is 63.3 Å². The SMILES string of the molecule is CCS[C@H]1CCC[C@@H](NC(=O)N[C@@H](CC)CO)C1. The average molecular weight is 274 g/mol. The van der Waals surface area contributed by atoms with Gasteiger partial charge in [0.25, 0.3) is 0 Å². The molecule has 0 saturated heterocycles. The highest BCUT2D eigenvalue weighted by Gasteiger charge is 2.23. The molecule has 0 heterocycles. The molecule has 1 aliphatic rings. The first kappa shape index (κ1) is 15.6. The summed E-state index contributed by atoms with van der Waals surface area (Å²) >= 11 is 1.99. The molecule has 18 heavy (non-hydrogen) atoms. The number of aliphatic hydroxyl groups is 1. The summed E-state index contributed by atoms with van der Waals surface area (Å²) in [4.78, 5) is 11.8. The number of carbonyl (C=O) groups excluding carboxylic acids is 1. The Labute approximate surface area is 114 Å². The van der Waals surface area contributed by atoms with Gasteiger partial charge in [-0.05, 0) is 31.4 Å². The summed E-state index contributed by atoms with van der Waals surface area (Å²) in [6, 6.07) is 0.0245. The molecule has 0 aromatic heterocycles. The van der Waals surface area contributed by atoms with Crippen molar-refractivity contribution in [3.05, 3.63) is 0 Å². The lowest BCUT2D eigenvalue weighted by Crippen LogP contribution is -2.48. The number of hydrogen-bond donors (Lipinski definition) is 3. The first-order chi connectivity index (χ1) is 8.69. The Morgan fingerprint density at radius 1 is 1.44 bits per heavy atom. The Balaban J connectivity index is 2.30. The largest absolute Gasteiger partial charge is 0.394 e. The van der Waals surface area contributed by atoms with Crippen molar-refractivity contribution in [2.75, 3.05) is 12.4 Å². The summed E-state index contributed by atoms with van der Waals surface area (Å²) in [5.41, 5.74) is 0. The molecule has 1 fully saturated rings. The zero-order chi connectivity index (χ0) is 13.4. The van der Waals surface area contributed by atoms with Crippen LogP contribution in [0.3, 0.4) is 0 Å². The van der Waals surface area contributed by atoms with Crippen LogP contribution in [0.4, 0.5) is 4.79 Å². The lowest BCUT2D eigenvalue weighted by Gasteiger charge is -2.29. The quantitative estimate of drug-likeness (QED) is 0.695. The van der Waals surface area contributed by atoms with E-state index in [2.05, 4.69) is 17.6 Å². The zero-order valence-electron chi connectivity index (χ0n) is 11.4. The van der Waals surface area contributed by atoms with E-state index in [0.717, 1.165) is 25.0 Å². The molecule has 0 bridgehead atoms. The summed E-state index contributed by atoms with van der Waals surface area (Å²) in [6.07, 6.45) is 5.36. The van der Waals surface area contributed by atoms with Crippen LogP contribution in [-0.4, -0.2) is 40.8 Å². The van der Waals surface area contributed by atoms with E-state index in [1.54, 1.807) is 0 Å². The number of hydrogen-bond acceptors (Lipinski definition) is 3. The van der Waals surface area contributed by atoms with Crippen LogP contribution in [0.2, 0.25) is 0 Å². The van der Waals surface area contributed by atoms with Crippen molar-refractivity contribution >= 4 is 17.8 Å². The third-order valence-corrected chi connectivity index (χ3v) is 4.64. The van der Waals surface area contributed by atoms with Crippen LogP contribution in [0.15, 0.2) is 0 Å². The summed E-state index contributed by atoms with van der Waals surface area (Å²) < 4.78 is 0. The molecule has 0 spiro atoms. The van der Waals surface area contributed by atoms with Gasteiger partial charge in [0.2, 0.25) is 0 Å². The van der Waals surface area contributed by atoms with Crippen molar-refractivity contribution in [2.24, 2.45) is 0 Å². The maximum atomic E-state index is 11.8. The minimum absolute atomic E-state index is 0.00288. The molecular formula is C13H26N2O2S. The zero-order valence-corrected chi connectivity index (χ0v) is 12.3. The maximum absolute atomic E-state index is 11.8. The van der Waals surface area contributed by atoms with Gasteiger partial charge in [-0.15, -0.1) is 0 Å². The average Bonchev–Trinajstić information content (AvgIpc) is 2.36. The Bertz CT molecular complexity index is 245. The Hall–Kier alpha value is -0.420. The molecule has 0 radical (unpaired) electrons. The van der Waals surface area contributed by atoms with Crippen LogP contribution in [0.5, 0.6) is 0 Å². The van der Waals surface area contributed by atoms with Gasteiger partial charge in [0.15, 0.2) is 0 Å². The molecule has 0 aromatic carbocycles. The van der Waals surface area contributed by atoms with Crippen LogP contribution in [-0.2, 0) is 0 Å². The van der Waals surface area contributed by atoms with E-state index in [4.69, 9.17) is 5.11 Å². The number of aliphatic hydroxyl groups excluding tert-OH is 1. The molecule has 1 aliphatic carbocycles. The monoisotopic (exact) mass is 274 g/mol. The summed E-state index contributed by atoms with van der Waals surface area (Å²) in [7, 11) is 0. The van der Waals surface area contributed by atoms with Gasteiger partial charge in [0.05, 0.1) is 12.6 Å². The molecule has 1 saturated carbocycles. The molecule has 106 valence electrons. The first-order valence-corrected chi connectivity index (χ1v) is 8.03. The van der Waals surface area contributed by atoms with E-state index in [1.807, 2.05) is 18.7 Å². The van der Waals surface area contributed by atoms with Crippen molar-refractivity contribution in [3.63, 3.8) is 0 Å². The molecule has 4 nitrogen and oxygen atoms in total. The fourth-order valence-electron chi connectivity index (χ4n) is 2.35. The molecule has 1 rings (SSSR count). The number of thioether (sulfide) groups is 1. The number of urea groups is 1. The fraction of sp³-hybridized carbons (Fsp3) is 0.923. The number of rotatable bonds is 6.